The van der Waals surface area contributed by atoms with Crippen LogP contribution < -0.4 is 10.1 Å². The quantitative estimate of drug-likeness (QED) is 0.683. The Morgan fingerprint density at radius 3 is 2.63 bits per heavy atom. The highest BCUT2D eigenvalue weighted by Crippen LogP contribution is 2.34. The van der Waals surface area contributed by atoms with E-state index in [4.69, 9.17) is 9.15 Å². The summed E-state index contributed by atoms with van der Waals surface area (Å²) in [5.74, 6) is 2.10. The number of aliphatic hydroxyl groups excluding tert-OH is 1. The molecule has 160 valence electrons. The number of nitrogens with zero attached hydrogens (tertiary/aromatic N) is 1. The van der Waals surface area contributed by atoms with Crippen molar-refractivity contribution in [1.82, 2.24) is 10.3 Å². The summed E-state index contributed by atoms with van der Waals surface area (Å²) < 4.78 is 11.6. The van der Waals surface area contributed by atoms with Crippen molar-refractivity contribution in [3.63, 3.8) is 0 Å². The Bertz CT molecular complexity index is 905. The minimum atomic E-state index is -0.865. The summed E-state index contributed by atoms with van der Waals surface area (Å²) in [6.45, 7) is 1.90. The number of nitrogens with one attached hydrogen (secondary N) is 1. The first-order chi connectivity index (χ1) is 14.5. The Labute approximate surface area is 179 Å². The minimum Gasteiger partial charge on any atom is -0.490 e. The number of oxazole rings is 1. The van der Waals surface area contributed by atoms with Gasteiger partial charge >= 0.3 is 0 Å². The van der Waals surface area contributed by atoms with E-state index >= 15 is 0 Å². The molecule has 2 heterocycles. The van der Waals surface area contributed by atoms with Gasteiger partial charge in [0.05, 0.1) is 5.25 Å². The van der Waals surface area contributed by atoms with Crippen LogP contribution >= 0.6 is 11.8 Å². The number of carbonyl (C=O) groups excluding carboxylic acids is 2. The molecular weight excluding hydrogens is 404 g/mol. The predicted molar refractivity (Wildman–Crippen MR) is 113 cm³/mol. The number of benzene rings is 1. The molecule has 0 radical (unpaired) electrons. The van der Waals surface area contributed by atoms with Crippen molar-refractivity contribution in [1.29, 1.82) is 0 Å². The number of thioether (sulfide) groups is 1. The van der Waals surface area contributed by atoms with Gasteiger partial charge in [-0.3, -0.25) is 14.9 Å². The molecule has 1 aromatic carbocycles. The normalized spacial score (nSPS) is 20.9. The molecule has 1 aliphatic heterocycles. The van der Waals surface area contributed by atoms with Crippen LogP contribution in [0.5, 0.6) is 5.75 Å². The maximum atomic E-state index is 11.7. The smallest absolute Gasteiger partial charge is 0.286 e. The maximum Gasteiger partial charge on any atom is 0.286 e. The summed E-state index contributed by atoms with van der Waals surface area (Å²) in [7, 11) is 0. The highest BCUT2D eigenvalue weighted by Gasteiger charge is 2.31. The third-order valence-corrected chi connectivity index (χ3v) is 6.62. The van der Waals surface area contributed by atoms with Gasteiger partial charge in [0.2, 0.25) is 5.91 Å². The van der Waals surface area contributed by atoms with Gasteiger partial charge < -0.3 is 14.3 Å². The number of aliphatic hydroxyl groups is 1. The summed E-state index contributed by atoms with van der Waals surface area (Å²) >= 11 is 1.02. The summed E-state index contributed by atoms with van der Waals surface area (Å²) in [4.78, 5) is 27.5. The van der Waals surface area contributed by atoms with Crippen molar-refractivity contribution >= 4 is 22.9 Å². The third-order valence-electron chi connectivity index (χ3n) is 5.64. The highest BCUT2D eigenvalue weighted by molar-refractivity contribution is 8.15. The standard InChI is InChI=1S/C22H26N2O5S/c1-13-19(23-21(29-13)15-5-3-2-4-6-15)17(25)12-28-16-9-7-14(8-10-16)11-18-20(26)24-22(27)30-18/h7-10,15,17-18,25H,2-6,11-12H2,1H3,(H,24,26,27). The van der Waals surface area contributed by atoms with E-state index in [0.717, 1.165) is 36.1 Å². The van der Waals surface area contributed by atoms with Crippen LogP contribution in [0.1, 0.15) is 67.0 Å². The van der Waals surface area contributed by atoms with E-state index in [2.05, 4.69) is 10.3 Å². The number of hydrogen-bond donors (Lipinski definition) is 2. The fourth-order valence-corrected chi connectivity index (χ4v) is 4.84. The van der Waals surface area contributed by atoms with Crippen molar-refractivity contribution < 1.29 is 23.8 Å². The zero-order valence-electron chi connectivity index (χ0n) is 16.9. The van der Waals surface area contributed by atoms with Gasteiger partial charge in [-0.15, -0.1) is 0 Å². The molecule has 2 aromatic rings. The lowest BCUT2D eigenvalue weighted by molar-refractivity contribution is -0.118. The van der Waals surface area contributed by atoms with Gasteiger partial charge in [-0.05, 0) is 43.9 Å². The number of aromatic nitrogens is 1. The van der Waals surface area contributed by atoms with E-state index in [0.29, 0.717) is 29.5 Å². The number of amides is 2. The molecular formula is C22H26N2O5S. The SMILES string of the molecule is Cc1oc(C2CCCCC2)nc1C(O)COc1ccc(CC2SC(=O)NC2=O)cc1. The topological polar surface area (TPSA) is 102 Å². The van der Waals surface area contributed by atoms with Gasteiger partial charge in [0.25, 0.3) is 5.24 Å². The molecule has 1 saturated heterocycles. The number of imide groups is 1. The van der Waals surface area contributed by atoms with Crippen LogP contribution in [-0.2, 0) is 11.2 Å². The van der Waals surface area contributed by atoms with Gasteiger partial charge in [-0.2, -0.15) is 0 Å². The molecule has 7 nitrogen and oxygen atoms in total. The molecule has 2 unspecified atom stereocenters. The van der Waals surface area contributed by atoms with Crippen LogP contribution in [0.3, 0.4) is 0 Å². The highest BCUT2D eigenvalue weighted by atomic mass is 32.2. The van der Waals surface area contributed by atoms with Crippen LogP contribution in [0.25, 0.3) is 0 Å². The fourth-order valence-electron chi connectivity index (χ4n) is 3.98. The van der Waals surface area contributed by atoms with Gasteiger partial charge in [0, 0.05) is 5.92 Å². The van der Waals surface area contributed by atoms with Gasteiger partial charge in [-0.1, -0.05) is 43.2 Å². The number of carbonyl (C=O) groups is 2. The minimum absolute atomic E-state index is 0.0756. The molecule has 8 heteroatoms. The molecule has 1 aromatic heterocycles. The molecule has 0 bridgehead atoms. The molecule has 2 fully saturated rings. The molecule has 4 rings (SSSR count). The Balaban J connectivity index is 1.31. The average Bonchev–Trinajstić information content (AvgIpc) is 3.29. The molecule has 2 aliphatic rings. The summed E-state index contributed by atoms with van der Waals surface area (Å²) in [6, 6.07) is 7.32. The molecule has 0 spiro atoms. The summed E-state index contributed by atoms with van der Waals surface area (Å²) in [5, 5.41) is 12.2. The van der Waals surface area contributed by atoms with Crippen LogP contribution in [0.15, 0.2) is 28.7 Å². The largest absolute Gasteiger partial charge is 0.490 e. The van der Waals surface area contributed by atoms with E-state index in [1.807, 2.05) is 19.1 Å². The number of rotatable bonds is 7. The van der Waals surface area contributed by atoms with Gasteiger partial charge in [0.15, 0.2) is 5.89 Å². The van der Waals surface area contributed by atoms with Crippen molar-refractivity contribution in [3.05, 3.63) is 47.2 Å². The van der Waals surface area contributed by atoms with E-state index in [9.17, 15) is 14.7 Å². The summed E-state index contributed by atoms with van der Waals surface area (Å²) in [6.07, 6.45) is 5.46. The van der Waals surface area contributed by atoms with E-state index in [1.54, 1.807) is 12.1 Å². The lowest BCUT2D eigenvalue weighted by Gasteiger charge is -2.18. The monoisotopic (exact) mass is 430 g/mol. The number of aryl methyl sites for hydroxylation is 1. The molecule has 1 aliphatic carbocycles. The first-order valence-corrected chi connectivity index (χ1v) is 11.3. The van der Waals surface area contributed by atoms with E-state index in [-0.39, 0.29) is 23.0 Å². The van der Waals surface area contributed by atoms with Crippen molar-refractivity contribution in [2.24, 2.45) is 0 Å². The van der Waals surface area contributed by atoms with Crippen LogP contribution in [-0.4, -0.2) is 33.1 Å². The first kappa shape index (κ1) is 20.9. The molecule has 2 amide bonds. The van der Waals surface area contributed by atoms with Crippen LogP contribution in [0, 0.1) is 6.92 Å². The molecule has 30 heavy (non-hydrogen) atoms. The lowest BCUT2D eigenvalue weighted by atomic mass is 9.89. The zero-order valence-corrected chi connectivity index (χ0v) is 17.7. The Morgan fingerprint density at radius 1 is 1.23 bits per heavy atom. The number of hydrogen-bond acceptors (Lipinski definition) is 7. The first-order valence-electron chi connectivity index (χ1n) is 10.4. The Hall–Kier alpha value is -2.32. The zero-order chi connectivity index (χ0) is 21.1. The molecule has 2 atom stereocenters. The molecule has 2 N–H and O–H groups in total. The van der Waals surface area contributed by atoms with E-state index in [1.165, 1.54) is 19.3 Å². The van der Waals surface area contributed by atoms with Crippen LogP contribution in [0.4, 0.5) is 4.79 Å². The lowest BCUT2D eigenvalue weighted by Crippen LogP contribution is -2.25. The van der Waals surface area contributed by atoms with Crippen molar-refractivity contribution in [3.8, 4) is 5.75 Å². The van der Waals surface area contributed by atoms with Crippen molar-refractivity contribution in [2.45, 2.75) is 62.7 Å². The second-order valence-electron chi connectivity index (χ2n) is 7.89. The fraction of sp³-hybridized carbons (Fsp3) is 0.500. The number of ether oxygens (including phenoxy) is 1. The third kappa shape index (κ3) is 4.87. The maximum absolute atomic E-state index is 11.7. The second-order valence-corrected chi connectivity index (χ2v) is 9.06. The molecule has 1 saturated carbocycles. The van der Waals surface area contributed by atoms with Gasteiger partial charge in [-0.25, -0.2) is 4.98 Å². The van der Waals surface area contributed by atoms with Crippen LogP contribution in [0.2, 0.25) is 0 Å². The summed E-state index contributed by atoms with van der Waals surface area (Å²) in [5.41, 5.74) is 1.48. The average molecular weight is 431 g/mol. The Kier molecular flexibility index (Phi) is 6.43. The van der Waals surface area contributed by atoms with E-state index < -0.39 is 6.10 Å². The van der Waals surface area contributed by atoms with Gasteiger partial charge in [0.1, 0.15) is 29.9 Å². The predicted octanol–water partition coefficient (Wildman–Crippen LogP) is 4.04. The van der Waals surface area contributed by atoms with Crippen molar-refractivity contribution in [2.75, 3.05) is 6.61 Å². The second kappa shape index (κ2) is 9.22. The Morgan fingerprint density at radius 2 is 1.97 bits per heavy atom.